The lowest BCUT2D eigenvalue weighted by molar-refractivity contribution is -0.137. The van der Waals surface area contributed by atoms with Crippen molar-refractivity contribution in [1.29, 1.82) is 0 Å². The summed E-state index contributed by atoms with van der Waals surface area (Å²) in [5.74, 6) is 0. The van der Waals surface area contributed by atoms with Crippen LogP contribution in [-0.2, 0) is 29.7 Å². The predicted molar refractivity (Wildman–Crippen MR) is 104 cm³/mol. The summed E-state index contributed by atoms with van der Waals surface area (Å²) in [6.07, 6.45) is -0.969. The molecule has 1 aromatic heterocycles. The maximum Gasteiger partial charge on any atom is 0.417 e. The van der Waals surface area contributed by atoms with E-state index in [0.717, 1.165) is 6.07 Å². The van der Waals surface area contributed by atoms with Gasteiger partial charge in [-0.05, 0) is 48.9 Å². The van der Waals surface area contributed by atoms with Crippen molar-refractivity contribution < 1.29 is 21.6 Å². The molecule has 0 saturated heterocycles. The van der Waals surface area contributed by atoms with Gasteiger partial charge in [0.15, 0.2) is 0 Å². The van der Waals surface area contributed by atoms with Gasteiger partial charge >= 0.3 is 6.18 Å². The Bertz CT molecular complexity index is 1160. The number of sulfonamides is 1. The first-order valence-electron chi connectivity index (χ1n) is 8.41. The predicted octanol–water partition coefficient (Wildman–Crippen LogP) is 4.26. The molecule has 0 unspecified atom stereocenters. The third kappa shape index (κ3) is 4.63. The largest absolute Gasteiger partial charge is 0.417 e. The Hall–Kier alpha value is -2.36. The summed E-state index contributed by atoms with van der Waals surface area (Å²) < 4.78 is 67.1. The highest BCUT2D eigenvalue weighted by Crippen LogP contribution is 2.36. The topological polar surface area (TPSA) is 64.0 Å². The smallest absolute Gasteiger partial charge is 0.340 e. The fraction of sp³-hybridized carbons (Fsp3) is 0.211. The molecule has 0 aliphatic carbocycles. The molecule has 2 aromatic carbocycles. The lowest BCUT2D eigenvalue weighted by Gasteiger charge is -2.13. The standard InChI is InChI=1S/C19H17ClF3N3O2S/c1-24-29(27,28)14-5-4-13(15(9-14)18-10-26(2)11-25-18)7-12-3-6-16(17(20)8-12)19(21,22)23/h3-6,8-11,24H,7H2,1-2H3. The van der Waals surface area contributed by atoms with Gasteiger partial charge in [-0.2, -0.15) is 13.2 Å². The second kappa shape index (κ2) is 7.81. The van der Waals surface area contributed by atoms with Crippen molar-refractivity contribution in [2.24, 2.45) is 7.05 Å². The van der Waals surface area contributed by atoms with Gasteiger partial charge in [-0.25, -0.2) is 18.1 Å². The Balaban J connectivity index is 2.06. The number of hydrogen-bond donors (Lipinski definition) is 1. The van der Waals surface area contributed by atoms with E-state index in [4.69, 9.17) is 11.6 Å². The van der Waals surface area contributed by atoms with Crippen molar-refractivity contribution in [1.82, 2.24) is 14.3 Å². The molecule has 1 N–H and O–H groups in total. The van der Waals surface area contributed by atoms with Crippen LogP contribution in [0, 0.1) is 0 Å². The number of alkyl halides is 3. The van der Waals surface area contributed by atoms with Crippen molar-refractivity contribution in [3.63, 3.8) is 0 Å². The molecule has 0 atom stereocenters. The summed E-state index contributed by atoms with van der Waals surface area (Å²) in [6.45, 7) is 0. The molecule has 10 heteroatoms. The van der Waals surface area contributed by atoms with Crippen LogP contribution >= 0.6 is 11.6 Å². The summed E-state index contributed by atoms with van der Waals surface area (Å²) in [5, 5.41) is -0.385. The number of nitrogens with one attached hydrogen (secondary N) is 1. The Kier molecular flexibility index (Phi) is 5.75. The van der Waals surface area contributed by atoms with Crippen molar-refractivity contribution in [2.75, 3.05) is 7.05 Å². The SMILES string of the molecule is CNS(=O)(=O)c1ccc(Cc2ccc(C(F)(F)F)c(Cl)c2)c(-c2cn(C)cn2)c1. The number of halogens is 4. The molecule has 0 aliphatic rings. The van der Waals surface area contributed by atoms with Crippen molar-refractivity contribution in [2.45, 2.75) is 17.5 Å². The highest BCUT2D eigenvalue weighted by Gasteiger charge is 2.33. The summed E-state index contributed by atoms with van der Waals surface area (Å²) in [4.78, 5) is 4.34. The van der Waals surface area contributed by atoms with Crippen LogP contribution < -0.4 is 4.72 Å². The zero-order chi connectivity index (χ0) is 21.4. The molecule has 3 rings (SSSR count). The molecule has 0 spiro atoms. The molecule has 1 heterocycles. The zero-order valence-electron chi connectivity index (χ0n) is 15.5. The van der Waals surface area contributed by atoms with Crippen LogP contribution in [0.1, 0.15) is 16.7 Å². The molecule has 3 aromatic rings. The van der Waals surface area contributed by atoms with Gasteiger partial charge < -0.3 is 4.57 Å². The number of imidazole rings is 1. The number of rotatable bonds is 5. The van der Waals surface area contributed by atoms with E-state index in [1.54, 1.807) is 30.2 Å². The number of aryl methyl sites for hydroxylation is 1. The molecule has 0 fully saturated rings. The van der Waals surface area contributed by atoms with Crippen LogP contribution in [0.5, 0.6) is 0 Å². The molecule has 29 heavy (non-hydrogen) atoms. The highest BCUT2D eigenvalue weighted by atomic mass is 35.5. The Labute approximate surface area is 171 Å². The van der Waals surface area contributed by atoms with E-state index in [9.17, 15) is 21.6 Å². The van der Waals surface area contributed by atoms with Crippen molar-refractivity contribution >= 4 is 21.6 Å². The second-order valence-corrected chi connectivity index (χ2v) is 8.73. The number of benzene rings is 2. The molecule has 0 radical (unpaired) electrons. The highest BCUT2D eigenvalue weighted by molar-refractivity contribution is 7.89. The normalized spacial score (nSPS) is 12.3. The average molecular weight is 444 g/mol. The van der Waals surface area contributed by atoms with Crippen LogP contribution in [-0.4, -0.2) is 25.0 Å². The van der Waals surface area contributed by atoms with Crippen LogP contribution in [0.3, 0.4) is 0 Å². The van der Waals surface area contributed by atoms with E-state index in [-0.39, 0.29) is 16.3 Å². The molecular formula is C19H17ClF3N3O2S. The minimum atomic E-state index is -4.53. The van der Waals surface area contributed by atoms with Gasteiger partial charge in [-0.1, -0.05) is 23.7 Å². The maximum atomic E-state index is 12.9. The Morgan fingerprint density at radius 1 is 1.17 bits per heavy atom. The van der Waals surface area contributed by atoms with Gasteiger partial charge in [0.05, 0.1) is 27.5 Å². The minimum absolute atomic E-state index is 0.0647. The molecule has 5 nitrogen and oxygen atoms in total. The van der Waals surface area contributed by atoms with E-state index in [1.165, 1.54) is 31.3 Å². The molecule has 0 saturated carbocycles. The van der Waals surface area contributed by atoms with Gasteiger partial charge in [0.1, 0.15) is 0 Å². The fourth-order valence-electron chi connectivity index (χ4n) is 2.90. The lowest BCUT2D eigenvalue weighted by atomic mass is 9.97. The van der Waals surface area contributed by atoms with Crippen LogP contribution in [0.2, 0.25) is 5.02 Å². The second-order valence-electron chi connectivity index (χ2n) is 6.44. The first-order chi connectivity index (χ1) is 13.5. The average Bonchev–Trinajstić information content (AvgIpc) is 3.07. The molecule has 154 valence electrons. The molecular weight excluding hydrogens is 427 g/mol. The van der Waals surface area contributed by atoms with Crippen LogP contribution in [0.25, 0.3) is 11.3 Å². The van der Waals surface area contributed by atoms with E-state index in [0.29, 0.717) is 22.4 Å². The Morgan fingerprint density at radius 3 is 2.45 bits per heavy atom. The minimum Gasteiger partial charge on any atom is -0.340 e. The van der Waals surface area contributed by atoms with E-state index in [1.807, 2.05) is 0 Å². The Morgan fingerprint density at radius 2 is 1.90 bits per heavy atom. The van der Waals surface area contributed by atoms with Crippen molar-refractivity contribution in [3.8, 4) is 11.3 Å². The van der Waals surface area contributed by atoms with Crippen LogP contribution in [0.4, 0.5) is 13.2 Å². The molecule has 0 aliphatic heterocycles. The van der Waals surface area contributed by atoms with Gasteiger partial charge in [0.25, 0.3) is 0 Å². The first-order valence-corrected chi connectivity index (χ1v) is 10.3. The van der Waals surface area contributed by atoms with Crippen molar-refractivity contribution in [3.05, 3.63) is 70.6 Å². The van der Waals surface area contributed by atoms with Crippen LogP contribution in [0.15, 0.2) is 53.8 Å². The molecule has 0 bridgehead atoms. The lowest BCUT2D eigenvalue weighted by Crippen LogP contribution is -2.18. The van der Waals surface area contributed by atoms with Gasteiger partial charge in [0, 0.05) is 18.8 Å². The third-order valence-electron chi connectivity index (χ3n) is 4.37. The third-order valence-corrected chi connectivity index (χ3v) is 6.10. The van der Waals surface area contributed by atoms with Gasteiger partial charge in [0.2, 0.25) is 10.0 Å². The van der Waals surface area contributed by atoms with E-state index < -0.39 is 21.8 Å². The number of hydrogen-bond acceptors (Lipinski definition) is 3. The van der Waals surface area contributed by atoms with Gasteiger partial charge in [-0.3, -0.25) is 0 Å². The van der Waals surface area contributed by atoms with Gasteiger partial charge in [-0.15, -0.1) is 0 Å². The van der Waals surface area contributed by atoms with E-state index in [2.05, 4.69) is 9.71 Å². The summed E-state index contributed by atoms with van der Waals surface area (Å²) in [5.41, 5.74) is 1.48. The number of nitrogens with zero attached hydrogens (tertiary/aromatic N) is 2. The maximum absolute atomic E-state index is 12.9. The summed E-state index contributed by atoms with van der Waals surface area (Å²) in [6, 6.07) is 8.13. The quantitative estimate of drug-likeness (QED) is 0.641. The fourth-order valence-corrected chi connectivity index (χ4v) is 3.97. The number of aromatic nitrogens is 2. The van der Waals surface area contributed by atoms with E-state index >= 15 is 0 Å². The first kappa shape index (κ1) is 21.4. The summed E-state index contributed by atoms with van der Waals surface area (Å²) in [7, 11) is -0.580. The zero-order valence-corrected chi connectivity index (χ0v) is 17.0. The monoisotopic (exact) mass is 443 g/mol. The summed E-state index contributed by atoms with van der Waals surface area (Å²) >= 11 is 5.82. The molecule has 0 amide bonds.